The largest absolute Gasteiger partial charge is 0.395 e. The smallest absolute Gasteiger partial charge is 0.0540 e. The van der Waals surface area contributed by atoms with Crippen LogP contribution in [-0.2, 0) is 5.75 Å². The Hall–Kier alpha value is -0.910. The van der Waals surface area contributed by atoms with Crippen molar-refractivity contribution in [2.75, 3.05) is 12.4 Å². The Labute approximate surface area is 109 Å². The van der Waals surface area contributed by atoms with E-state index in [1.54, 1.807) is 0 Å². The van der Waals surface area contributed by atoms with Crippen molar-refractivity contribution in [3.8, 4) is 11.8 Å². The fraction of sp³-hybridized carbons (Fsp3) is 0.467. The first-order chi connectivity index (χ1) is 8.22. The van der Waals surface area contributed by atoms with Gasteiger partial charge >= 0.3 is 0 Å². The average Bonchev–Trinajstić information content (AvgIpc) is 2.29. The number of benzene rings is 1. The molecule has 1 aromatic rings. The summed E-state index contributed by atoms with van der Waals surface area (Å²) in [6, 6.07) is 8.34. The first kappa shape index (κ1) is 14.2. The number of hydrogen-bond acceptors (Lipinski definition) is 2. The zero-order valence-corrected chi connectivity index (χ0v) is 11.4. The molecule has 0 aromatic heterocycles. The molecule has 1 rings (SSSR count). The van der Waals surface area contributed by atoms with Gasteiger partial charge in [0, 0.05) is 17.7 Å². The highest BCUT2D eigenvalue weighted by Crippen LogP contribution is 2.16. The van der Waals surface area contributed by atoms with Gasteiger partial charge in [-0.25, -0.2) is 0 Å². The van der Waals surface area contributed by atoms with Gasteiger partial charge in [-0.05, 0) is 29.4 Å². The molecule has 0 fully saturated rings. The highest BCUT2D eigenvalue weighted by molar-refractivity contribution is 7.98. The van der Waals surface area contributed by atoms with Crippen molar-refractivity contribution in [2.45, 2.75) is 26.0 Å². The van der Waals surface area contributed by atoms with Crippen LogP contribution in [-0.4, -0.2) is 17.5 Å². The topological polar surface area (TPSA) is 20.2 Å². The van der Waals surface area contributed by atoms with Crippen LogP contribution >= 0.6 is 11.8 Å². The fourth-order valence-corrected chi connectivity index (χ4v) is 2.38. The van der Waals surface area contributed by atoms with Crippen molar-refractivity contribution < 1.29 is 5.11 Å². The maximum absolute atomic E-state index is 8.66. The number of aliphatic hydroxyl groups is 1. The van der Waals surface area contributed by atoms with Crippen LogP contribution in [0.15, 0.2) is 24.3 Å². The third kappa shape index (κ3) is 6.41. The van der Waals surface area contributed by atoms with Crippen molar-refractivity contribution in [2.24, 2.45) is 5.92 Å². The molecule has 0 saturated carbocycles. The van der Waals surface area contributed by atoms with E-state index in [1.807, 2.05) is 23.9 Å². The van der Waals surface area contributed by atoms with Crippen LogP contribution in [0.4, 0.5) is 0 Å². The van der Waals surface area contributed by atoms with E-state index in [9.17, 15) is 0 Å². The van der Waals surface area contributed by atoms with Gasteiger partial charge in [-0.3, -0.25) is 0 Å². The van der Waals surface area contributed by atoms with Crippen LogP contribution in [0, 0.1) is 17.8 Å². The van der Waals surface area contributed by atoms with Gasteiger partial charge in [-0.1, -0.05) is 37.8 Å². The van der Waals surface area contributed by atoms with Crippen molar-refractivity contribution in [1.29, 1.82) is 0 Å². The van der Waals surface area contributed by atoms with Gasteiger partial charge in [0.2, 0.25) is 0 Å². The van der Waals surface area contributed by atoms with Crippen molar-refractivity contribution in [1.82, 2.24) is 0 Å². The maximum Gasteiger partial charge on any atom is 0.0540 e. The normalized spacial score (nSPS) is 10.1. The van der Waals surface area contributed by atoms with Crippen LogP contribution < -0.4 is 0 Å². The summed E-state index contributed by atoms with van der Waals surface area (Å²) in [6.07, 6.45) is 0.548. The molecule has 0 atom stereocenters. The van der Waals surface area contributed by atoms with Crippen LogP contribution in [0.5, 0.6) is 0 Å². The Morgan fingerprint density at radius 2 is 2.18 bits per heavy atom. The zero-order chi connectivity index (χ0) is 12.5. The standard InChI is InChI=1S/C15H20OS/c1-13(2)11-17-12-15-8-5-7-14(10-15)6-3-4-9-16/h5,7-8,10,13,16H,4,9,11-12H2,1-2H3. The molecule has 0 amide bonds. The number of thioether (sulfide) groups is 1. The third-order valence-electron chi connectivity index (χ3n) is 2.12. The van der Waals surface area contributed by atoms with Gasteiger partial charge in [0.15, 0.2) is 0 Å². The molecule has 0 aliphatic heterocycles. The van der Waals surface area contributed by atoms with Crippen LogP contribution in [0.25, 0.3) is 0 Å². The van der Waals surface area contributed by atoms with E-state index in [0.29, 0.717) is 6.42 Å². The van der Waals surface area contributed by atoms with E-state index in [1.165, 1.54) is 11.3 Å². The quantitative estimate of drug-likeness (QED) is 0.807. The predicted molar refractivity (Wildman–Crippen MR) is 76.0 cm³/mol. The lowest BCUT2D eigenvalue weighted by Crippen LogP contribution is -1.91. The molecule has 17 heavy (non-hydrogen) atoms. The molecule has 0 aliphatic rings. The van der Waals surface area contributed by atoms with Gasteiger partial charge in [0.05, 0.1) is 6.61 Å². The summed E-state index contributed by atoms with van der Waals surface area (Å²) in [4.78, 5) is 0. The SMILES string of the molecule is CC(C)CSCc1cccc(C#CCCO)c1. The Bertz CT molecular complexity index is 387. The Kier molecular flexibility index (Phi) is 6.84. The summed E-state index contributed by atoms with van der Waals surface area (Å²) in [5.74, 6) is 9.00. The molecular formula is C15H20OS. The molecule has 1 nitrogen and oxygen atoms in total. The average molecular weight is 248 g/mol. The number of aliphatic hydroxyl groups excluding tert-OH is 1. The number of rotatable bonds is 5. The molecule has 0 aliphatic carbocycles. The molecule has 0 saturated heterocycles. The summed E-state index contributed by atoms with van der Waals surface area (Å²) in [5, 5.41) is 8.66. The second-order valence-electron chi connectivity index (χ2n) is 4.38. The van der Waals surface area contributed by atoms with E-state index < -0.39 is 0 Å². The van der Waals surface area contributed by atoms with Crippen molar-refractivity contribution in [3.63, 3.8) is 0 Å². The summed E-state index contributed by atoms with van der Waals surface area (Å²) >= 11 is 1.96. The molecule has 1 N–H and O–H groups in total. The molecule has 2 heteroatoms. The summed E-state index contributed by atoms with van der Waals surface area (Å²) in [6.45, 7) is 4.62. The van der Waals surface area contributed by atoms with Gasteiger partial charge < -0.3 is 5.11 Å². The zero-order valence-electron chi connectivity index (χ0n) is 10.6. The maximum atomic E-state index is 8.66. The van der Waals surface area contributed by atoms with E-state index in [2.05, 4.69) is 37.8 Å². The lowest BCUT2D eigenvalue weighted by Gasteiger charge is -2.04. The molecule has 0 heterocycles. The highest BCUT2D eigenvalue weighted by atomic mass is 32.2. The summed E-state index contributed by atoms with van der Waals surface area (Å²) in [5.41, 5.74) is 2.37. The third-order valence-corrected chi connectivity index (χ3v) is 3.56. The fourth-order valence-electron chi connectivity index (χ4n) is 1.37. The monoisotopic (exact) mass is 248 g/mol. The molecule has 0 bridgehead atoms. The first-order valence-electron chi connectivity index (χ1n) is 5.99. The van der Waals surface area contributed by atoms with Gasteiger partial charge in [-0.2, -0.15) is 11.8 Å². The van der Waals surface area contributed by atoms with Gasteiger partial charge in [0.1, 0.15) is 0 Å². The first-order valence-corrected chi connectivity index (χ1v) is 7.14. The molecule has 0 radical (unpaired) electrons. The highest BCUT2D eigenvalue weighted by Gasteiger charge is 1.97. The Morgan fingerprint density at radius 1 is 1.35 bits per heavy atom. The van der Waals surface area contributed by atoms with Crippen LogP contribution in [0.2, 0.25) is 0 Å². The molecule has 0 unspecified atom stereocenters. The van der Waals surface area contributed by atoms with Gasteiger partial charge in [-0.15, -0.1) is 0 Å². The molecular weight excluding hydrogens is 228 g/mol. The second-order valence-corrected chi connectivity index (χ2v) is 5.41. The molecule has 0 spiro atoms. The molecule has 92 valence electrons. The minimum atomic E-state index is 0.136. The van der Waals surface area contributed by atoms with Crippen molar-refractivity contribution in [3.05, 3.63) is 35.4 Å². The minimum Gasteiger partial charge on any atom is -0.395 e. The van der Waals surface area contributed by atoms with E-state index >= 15 is 0 Å². The second kappa shape index (κ2) is 8.22. The minimum absolute atomic E-state index is 0.136. The summed E-state index contributed by atoms with van der Waals surface area (Å²) < 4.78 is 0. The Balaban J connectivity index is 2.51. The van der Waals surface area contributed by atoms with E-state index in [-0.39, 0.29) is 6.61 Å². The van der Waals surface area contributed by atoms with Crippen LogP contribution in [0.1, 0.15) is 31.4 Å². The predicted octanol–water partition coefficient (Wildman–Crippen LogP) is 3.31. The Morgan fingerprint density at radius 3 is 2.88 bits per heavy atom. The van der Waals surface area contributed by atoms with Gasteiger partial charge in [0.25, 0.3) is 0 Å². The van der Waals surface area contributed by atoms with Crippen LogP contribution in [0.3, 0.4) is 0 Å². The van der Waals surface area contributed by atoms with Crippen molar-refractivity contribution >= 4 is 11.8 Å². The van der Waals surface area contributed by atoms with E-state index in [4.69, 9.17) is 5.11 Å². The van der Waals surface area contributed by atoms with E-state index in [0.717, 1.165) is 17.2 Å². The lowest BCUT2D eigenvalue weighted by atomic mass is 10.1. The number of hydrogen-bond donors (Lipinski definition) is 1. The summed E-state index contributed by atoms with van der Waals surface area (Å²) in [7, 11) is 0. The molecule has 1 aromatic carbocycles. The lowest BCUT2D eigenvalue weighted by molar-refractivity contribution is 0.305.